The zero-order valence-electron chi connectivity index (χ0n) is 11.9. The van der Waals surface area contributed by atoms with Crippen LogP contribution in [0, 0.1) is 11.3 Å². The van der Waals surface area contributed by atoms with Gasteiger partial charge in [-0.15, -0.1) is 12.4 Å². The number of hydrogen-bond donors (Lipinski definition) is 1. The average Bonchev–Trinajstić information content (AvgIpc) is 3.03. The zero-order chi connectivity index (χ0) is 14.9. The first-order valence-corrected chi connectivity index (χ1v) is 6.80. The third-order valence-corrected chi connectivity index (χ3v) is 3.54. The lowest BCUT2D eigenvalue weighted by atomic mass is 10.1. The van der Waals surface area contributed by atoms with Crippen LogP contribution in [0.1, 0.15) is 5.56 Å². The predicted octanol–water partition coefficient (Wildman–Crippen LogP) is 4.00. The van der Waals surface area contributed by atoms with E-state index < -0.39 is 0 Å². The molecule has 2 heterocycles. The number of benzene rings is 2. The van der Waals surface area contributed by atoms with Gasteiger partial charge in [0.2, 0.25) is 6.79 Å². The summed E-state index contributed by atoms with van der Waals surface area (Å²) in [4.78, 5) is 4.30. The lowest BCUT2D eigenvalue weighted by Gasteiger charge is -2.11. The van der Waals surface area contributed by atoms with Gasteiger partial charge in [0, 0.05) is 23.3 Å². The van der Waals surface area contributed by atoms with Gasteiger partial charge in [-0.25, -0.2) is 0 Å². The van der Waals surface area contributed by atoms with E-state index in [1.165, 1.54) is 0 Å². The van der Waals surface area contributed by atoms with Crippen LogP contribution in [0.5, 0.6) is 11.5 Å². The Morgan fingerprint density at radius 3 is 2.78 bits per heavy atom. The smallest absolute Gasteiger partial charge is 0.231 e. The molecule has 3 aromatic rings. The second-order valence-corrected chi connectivity index (χ2v) is 4.87. The molecular formula is C17H12ClN3O2. The number of rotatable bonds is 2. The maximum Gasteiger partial charge on any atom is 0.231 e. The van der Waals surface area contributed by atoms with Gasteiger partial charge in [0.25, 0.3) is 0 Å². The van der Waals surface area contributed by atoms with Crippen LogP contribution >= 0.6 is 12.4 Å². The van der Waals surface area contributed by atoms with Gasteiger partial charge in [-0.05, 0) is 18.2 Å². The number of anilines is 2. The van der Waals surface area contributed by atoms with Crippen LogP contribution in [0.15, 0.2) is 48.7 Å². The number of aromatic nitrogens is 1. The Morgan fingerprint density at radius 2 is 1.91 bits per heavy atom. The van der Waals surface area contributed by atoms with E-state index in [9.17, 15) is 5.26 Å². The second kappa shape index (κ2) is 6.03. The Kier molecular flexibility index (Phi) is 3.92. The Morgan fingerprint density at radius 1 is 1.09 bits per heavy atom. The van der Waals surface area contributed by atoms with Crippen molar-refractivity contribution in [3.8, 4) is 17.6 Å². The van der Waals surface area contributed by atoms with Crippen molar-refractivity contribution in [2.24, 2.45) is 0 Å². The fourth-order valence-corrected chi connectivity index (χ4v) is 2.48. The molecule has 0 spiro atoms. The maximum atomic E-state index is 9.34. The van der Waals surface area contributed by atoms with E-state index in [-0.39, 0.29) is 19.2 Å². The molecule has 0 amide bonds. The van der Waals surface area contributed by atoms with E-state index >= 15 is 0 Å². The van der Waals surface area contributed by atoms with Crippen LogP contribution in [-0.4, -0.2) is 11.8 Å². The van der Waals surface area contributed by atoms with E-state index in [0.29, 0.717) is 11.3 Å². The van der Waals surface area contributed by atoms with Crippen LogP contribution in [0.4, 0.5) is 11.4 Å². The number of pyridine rings is 1. The molecule has 4 rings (SSSR count). The highest BCUT2D eigenvalue weighted by Gasteiger charge is 2.15. The van der Waals surface area contributed by atoms with Gasteiger partial charge in [-0.3, -0.25) is 4.98 Å². The molecule has 6 heteroatoms. The summed E-state index contributed by atoms with van der Waals surface area (Å²) in [5.41, 5.74) is 2.91. The predicted molar refractivity (Wildman–Crippen MR) is 89.6 cm³/mol. The summed E-state index contributed by atoms with van der Waals surface area (Å²) in [6.07, 6.45) is 1.58. The number of nitrogens with one attached hydrogen (secondary N) is 1. The van der Waals surface area contributed by atoms with Crippen molar-refractivity contribution in [2.45, 2.75) is 0 Å². The van der Waals surface area contributed by atoms with Gasteiger partial charge < -0.3 is 14.8 Å². The SMILES string of the molecule is Cl.N#Cc1cnc2ccccc2c1Nc1ccc2c(c1)OCO2. The topological polar surface area (TPSA) is 67.2 Å². The maximum absolute atomic E-state index is 9.34. The fraction of sp³-hybridized carbons (Fsp3) is 0.0588. The van der Waals surface area contributed by atoms with E-state index in [2.05, 4.69) is 16.4 Å². The number of hydrogen-bond acceptors (Lipinski definition) is 5. The Labute approximate surface area is 138 Å². The van der Waals surface area contributed by atoms with Gasteiger partial charge >= 0.3 is 0 Å². The molecule has 114 valence electrons. The van der Waals surface area contributed by atoms with E-state index in [0.717, 1.165) is 28.0 Å². The summed E-state index contributed by atoms with van der Waals surface area (Å²) in [6.45, 7) is 0.237. The molecule has 0 radical (unpaired) electrons. The molecule has 0 unspecified atom stereocenters. The lowest BCUT2D eigenvalue weighted by Crippen LogP contribution is -1.96. The van der Waals surface area contributed by atoms with Crippen molar-refractivity contribution in [1.82, 2.24) is 4.98 Å². The lowest BCUT2D eigenvalue weighted by molar-refractivity contribution is 0.174. The van der Waals surface area contributed by atoms with E-state index in [1.807, 2.05) is 42.5 Å². The van der Waals surface area contributed by atoms with Crippen molar-refractivity contribution >= 4 is 34.7 Å². The van der Waals surface area contributed by atoms with Crippen LogP contribution in [-0.2, 0) is 0 Å². The summed E-state index contributed by atoms with van der Waals surface area (Å²) in [7, 11) is 0. The number of nitriles is 1. The largest absolute Gasteiger partial charge is 0.454 e. The number of para-hydroxylation sites is 1. The third kappa shape index (κ3) is 2.60. The Bertz CT molecular complexity index is 921. The molecule has 1 aliphatic heterocycles. The van der Waals surface area contributed by atoms with Crippen LogP contribution in [0.25, 0.3) is 10.9 Å². The molecule has 0 aliphatic carbocycles. The van der Waals surface area contributed by atoms with E-state index in [1.54, 1.807) is 6.20 Å². The minimum Gasteiger partial charge on any atom is -0.454 e. The molecule has 0 atom stereocenters. The Balaban J connectivity index is 0.00000156. The molecule has 0 fully saturated rings. The van der Waals surface area contributed by atoms with Crippen molar-refractivity contribution in [2.75, 3.05) is 12.1 Å². The van der Waals surface area contributed by atoms with Gasteiger partial charge in [0.15, 0.2) is 11.5 Å². The highest BCUT2D eigenvalue weighted by atomic mass is 35.5. The van der Waals surface area contributed by atoms with Crippen molar-refractivity contribution in [3.05, 3.63) is 54.2 Å². The second-order valence-electron chi connectivity index (χ2n) is 4.87. The van der Waals surface area contributed by atoms with Gasteiger partial charge in [0.1, 0.15) is 6.07 Å². The monoisotopic (exact) mass is 325 g/mol. The molecule has 5 nitrogen and oxygen atoms in total. The molecule has 1 N–H and O–H groups in total. The quantitative estimate of drug-likeness (QED) is 0.771. The number of ether oxygens (including phenoxy) is 2. The fourth-order valence-electron chi connectivity index (χ4n) is 2.48. The molecular weight excluding hydrogens is 314 g/mol. The highest BCUT2D eigenvalue weighted by molar-refractivity contribution is 5.95. The molecule has 1 aromatic heterocycles. The third-order valence-electron chi connectivity index (χ3n) is 3.54. The van der Waals surface area contributed by atoms with Crippen molar-refractivity contribution < 1.29 is 9.47 Å². The standard InChI is InChI=1S/C17H11N3O2.ClH/c18-8-11-9-19-14-4-2-1-3-13(14)17(11)20-12-5-6-15-16(7-12)22-10-21-15;/h1-7,9H,10H2,(H,19,20);1H. The first kappa shape index (κ1) is 14.9. The summed E-state index contributed by atoms with van der Waals surface area (Å²) in [5.74, 6) is 1.42. The first-order valence-electron chi connectivity index (χ1n) is 6.80. The highest BCUT2D eigenvalue weighted by Crippen LogP contribution is 2.36. The summed E-state index contributed by atoms with van der Waals surface area (Å²) < 4.78 is 10.7. The zero-order valence-corrected chi connectivity index (χ0v) is 12.8. The molecule has 23 heavy (non-hydrogen) atoms. The summed E-state index contributed by atoms with van der Waals surface area (Å²) in [5, 5.41) is 13.5. The first-order chi connectivity index (χ1) is 10.8. The molecule has 0 bridgehead atoms. The van der Waals surface area contributed by atoms with Crippen molar-refractivity contribution in [1.29, 1.82) is 5.26 Å². The summed E-state index contributed by atoms with van der Waals surface area (Å²) in [6, 6.07) is 15.5. The molecule has 2 aromatic carbocycles. The van der Waals surface area contributed by atoms with Crippen LogP contribution in [0.3, 0.4) is 0 Å². The van der Waals surface area contributed by atoms with Gasteiger partial charge in [0.05, 0.1) is 16.8 Å². The molecule has 0 saturated heterocycles. The Hall–Kier alpha value is -2.97. The molecule has 0 saturated carbocycles. The van der Waals surface area contributed by atoms with Crippen molar-refractivity contribution in [3.63, 3.8) is 0 Å². The number of nitrogens with zero attached hydrogens (tertiary/aromatic N) is 2. The minimum atomic E-state index is 0. The van der Waals surface area contributed by atoms with Gasteiger partial charge in [-0.1, -0.05) is 18.2 Å². The summed E-state index contributed by atoms with van der Waals surface area (Å²) >= 11 is 0. The van der Waals surface area contributed by atoms with E-state index in [4.69, 9.17) is 9.47 Å². The van der Waals surface area contributed by atoms with Crippen LogP contribution < -0.4 is 14.8 Å². The molecule has 1 aliphatic rings. The normalized spacial score (nSPS) is 11.6. The van der Waals surface area contributed by atoms with Gasteiger partial charge in [-0.2, -0.15) is 5.26 Å². The van der Waals surface area contributed by atoms with Crippen LogP contribution in [0.2, 0.25) is 0 Å². The number of fused-ring (bicyclic) bond motifs is 2. The number of halogens is 1. The average molecular weight is 326 g/mol. The minimum absolute atomic E-state index is 0.